The number of hydrogen-bond acceptors (Lipinski definition) is 6. The first-order valence-electron chi connectivity index (χ1n) is 8.44. The van der Waals surface area contributed by atoms with Crippen LogP contribution in [0.5, 0.6) is 0 Å². The molecule has 0 saturated heterocycles. The van der Waals surface area contributed by atoms with Crippen LogP contribution in [0, 0.1) is 13.8 Å². The number of unbranched alkanes of at least 4 members (excludes halogenated alkanes) is 2. The summed E-state index contributed by atoms with van der Waals surface area (Å²) in [7, 11) is 1.83. The van der Waals surface area contributed by atoms with E-state index in [1.54, 1.807) is 10.7 Å². The van der Waals surface area contributed by atoms with Crippen LogP contribution in [0.2, 0.25) is 0 Å². The number of carbonyl (C=O) groups excluding carboxylic acids is 1. The maximum atomic E-state index is 12.8. The molecule has 0 aliphatic heterocycles. The molecule has 0 aromatic carbocycles. The molecular formula is C17H22N6OS. The summed E-state index contributed by atoms with van der Waals surface area (Å²) in [4.78, 5) is 17.3. The van der Waals surface area contributed by atoms with Gasteiger partial charge in [0.15, 0.2) is 5.65 Å². The zero-order valence-corrected chi connectivity index (χ0v) is 15.8. The number of fused-ring (bicyclic) bond motifs is 1. The maximum Gasteiger partial charge on any atom is 0.258 e. The van der Waals surface area contributed by atoms with Gasteiger partial charge in [-0.2, -0.15) is 5.10 Å². The highest BCUT2D eigenvalue weighted by atomic mass is 32.1. The number of hydrogen-bond donors (Lipinski definition) is 1. The Labute approximate surface area is 150 Å². The summed E-state index contributed by atoms with van der Waals surface area (Å²) in [5.74, 6) is -0.206. The van der Waals surface area contributed by atoms with Crippen molar-refractivity contribution in [1.82, 2.24) is 25.0 Å². The van der Waals surface area contributed by atoms with Gasteiger partial charge in [-0.15, -0.1) is 10.2 Å². The Balaban J connectivity index is 1.83. The van der Waals surface area contributed by atoms with Crippen LogP contribution in [0.1, 0.15) is 52.9 Å². The molecule has 1 N–H and O–H groups in total. The van der Waals surface area contributed by atoms with Gasteiger partial charge in [0.05, 0.1) is 16.6 Å². The lowest BCUT2D eigenvalue weighted by molar-refractivity contribution is 0.102. The molecule has 0 saturated carbocycles. The van der Waals surface area contributed by atoms with Crippen molar-refractivity contribution >= 4 is 33.4 Å². The highest BCUT2D eigenvalue weighted by Gasteiger charge is 2.19. The van der Waals surface area contributed by atoms with Gasteiger partial charge in [-0.1, -0.05) is 31.1 Å². The Morgan fingerprint density at radius 2 is 2.08 bits per heavy atom. The predicted molar refractivity (Wildman–Crippen MR) is 99.1 cm³/mol. The summed E-state index contributed by atoms with van der Waals surface area (Å²) >= 11 is 1.43. The molecule has 0 spiro atoms. The van der Waals surface area contributed by atoms with Crippen molar-refractivity contribution in [3.8, 4) is 0 Å². The Hall–Kier alpha value is -2.35. The van der Waals surface area contributed by atoms with Crippen LogP contribution in [-0.2, 0) is 13.5 Å². The second kappa shape index (κ2) is 7.26. The van der Waals surface area contributed by atoms with Crippen molar-refractivity contribution in [2.75, 3.05) is 5.32 Å². The SMILES string of the molecule is CCCCCc1nnc(NC(=O)c2cc(C)nc3c2c(C)nn3C)s1. The van der Waals surface area contributed by atoms with Crippen molar-refractivity contribution < 1.29 is 4.79 Å². The van der Waals surface area contributed by atoms with Gasteiger partial charge in [-0.25, -0.2) is 4.98 Å². The molecule has 3 rings (SSSR count). The molecule has 8 heteroatoms. The molecule has 7 nitrogen and oxygen atoms in total. The molecule has 3 aromatic heterocycles. The Bertz CT molecular complexity index is 913. The Morgan fingerprint density at radius 3 is 2.84 bits per heavy atom. The van der Waals surface area contributed by atoms with Crippen LogP contribution in [-0.4, -0.2) is 30.9 Å². The number of anilines is 1. The zero-order chi connectivity index (χ0) is 18.0. The summed E-state index contributed by atoms with van der Waals surface area (Å²) < 4.78 is 1.70. The maximum absolute atomic E-state index is 12.8. The molecule has 3 heterocycles. The third-order valence-electron chi connectivity index (χ3n) is 4.02. The van der Waals surface area contributed by atoms with E-state index < -0.39 is 0 Å². The first-order chi connectivity index (χ1) is 12.0. The van der Waals surface area contributed by atoms with Crippen LogP contribution in [0.25, 0.3) is 11.0 Å². The van der Waals surface area contributed by atoms with E-state index >= 15 is 0 Å². The first kappa shape index (κ1) is 17.5. The van der Waals surface area contributed by atoms with Gasteiger partial charge in [0, 0.05) is 19.2 Å². The van der Waals surface area contributed by atoms with Gasteiger partial charge in [0.2, 0.25) is 5.13 Å². The second-order valence-electron chi connectivity index (χ2n) is 6.13. The van der Waals surface area contributed by atoms with E-state index in [1.165, 1.54) is 24.2 Å². The molecule has 0 aliphatic rings. The van der Waals surface area contributed by atoms with Crippen molar-refractivity contribution in [3.05, 3.63) is 28.0 Å². The Kier molecular flexibility index (Phi) is 5.08. The van der Waals surface area contributed by atoms with Crippen LogP contribution in [0.4, 0.5) is 5.13 Å². The van der Waals surface area contributed by atoms with E-state index in [0.29, 0.717) is 16.3 Å². The van der Waals surface area contributed by atoms with Gasteiger partial charge in [-0.3, -0.25) is 14.8 Å². The van der Waals surface area contributed by atoms with Crippen molar-refractivity contribution in [2.24, 2.45) is 7.05 Å². The third kappa shape index (κ3) is 3.68. The standard InChI is InChI=1S/C17H22N6OS/c1-5-6-7-8-13-20-21-17(25-13)19-16(24)12-9-10(2)18-15-14(12)11(3)22-23(15)4/h9H,5-8H2,1-4H3,(H,19,21,24). The molecule has 0 radical (unpaired) electrons. The normalized spacial score (nSPS) is 11.2. The molecule has 25 heavy (non-hydrogen) atoms. The number of pyridine rings is 1. The Morgan fingerprint density at radius 1 is 1.28 bits per heavy atom. The van der Waals surface area contributed by atoms with E-state index in [2.05, 4.69) is 32.5 Å². The number of carbonyl (C=O) groups is 1. The van der Waals surface area contributed by atoms with Gasteiger partial charge in [0.1, 0.15) is 5.01 Å². The number of nitrogens with one attached hydrogen (secondary N) is 1. The fraction of sp³-hybridized carbons (Fsp3) is 0.471. The van der Waals surface area contributed by atoms with Crippen molar-refractivity contribution in [2.45, 2.75) is 46.5 Å². The van der Waals surface area contributed by atoms with E-state index in [-0.39, 0.29) is 5.91 Å². The predicted octanol–water partition coefficient (Wildman–Crippen LogP) is 3.42. The topological polar surface area (TPSA) is 85.6 Å². The molecule has 0 unspecified atom stereocenters. The van der Waals surface area contributed by atoms with Crippen LogP contribution in [0.15, 0.2) is 6.07 Å². The van der Waals surface area contributed by atoms with Gasteiger partial charge in [0.25, 0.3) is 5.91 Å². The van der Waals surface area contributed by atoms with E-state index in [9.17, 15) is 4.79 Å². The molecule has 1 amide bonds. The van der Waals surface area contributed by atoms with Crippen LogP contribution in [0.3, 0.4) is 0 Å². The second-order valence-corrected chi connectivity index (χ2v) is 7.19. The number of amides is 1. The van der Waals surface area contributed by atoms with Crippen LogP contribution < -0.4 is 5.32 Å². The molecular weight excluding hydrogens is 336 g/mol. The lowest BCUT2D eigenvalue weighted by atomic mass is 10.1. The average molecular weight is 358 g/mol. The molecule has 0 aliphatic carbocycles. The smallest absolute Gasteiger partial charge is 0.258 e. The van der Waals surface area contributed by atoms with E-state index in [1.807, 2.05) is 20.9 Å². The number of rotatable bonds is 6. The van der Waals surface area contributed by atoms with E-state index in [0.717, 1.165) is 34.6 Å². The molecule has 0 bridgehead atoms. The lowest BCUT2D eigenvalue weighted by Gasteiger charge is -2.05. The fourth-order valence-electron chi connectivity index (χ4n) is 2.84. The average Bonchev–Trinajstić information content (AvgIpc) is 3.12. The summed E-state index contributed by atoms with van der Waals surface area (Å²) in [5, 5.41) is 17.8. The zero-order valence-electron chi connectivity index (χ0n) is 15.0. The fourth-order valence-corrected chi connectivity index (χ4v) is 3.62. The number of nitrogens with zero attached hydrogens (tertiary/aromatic N) is 5. The highest BCUT2D eigenvalue weighted by molar-refractivity contribution is 7.15. The number of aryl methyl sites for hydroxylation is 4. The monoisotopic (exact) mass is 358 g/mol. The van der Waals surface area contributed by atoms with Crippen molar-refractivity contribution in [3.63, 3.8) is 0 Å². The minimum atomic E-state index is -0.206. The minimum absolute atomic E-state index is 0.206. The van der Waals surface area contributed by atoms with Gasteiger partial charge < -0.3 is 0 Å². The minimum Gasteiger partial charge on any atom is -0.296 e. The molecule has 0 fully saturated rings. The summed E-state index contributed by atoms with van der Waals surface area (Å²) in [6, 6.07) is 1.79. The summed E-state index contributed by atoms with van der Waals surface area (Å²) in [6.45, 7) is 5.92. The molecule has 3 aromatic rings. The molecule has 132 valence electrons. The largest absolute Gasteiger partial charge is 0.296 e. The number of aromatic nitrogens is 5. The lowest BCUT2D eigenvalue weighted by Crippen LogP contribution is -2.13. The van der Waals surface area contributed by atoms with Gasteiger partial charge in [-0.05, 0) is 26.3 Å². The van der Waals surface area contributed by atoms with Crippen molar-refractivity contribution in [1.29, 1.82) is 0 Å². The summed E-state index contributed by atoms with van der Waals surface area (Å²) in [6.07, 6.45) is 4.35. The summed E-state index contributed by atoms with van der Waals surface area (Å²) in [5.41, 5.74) is 2.84. The molecule has 0 atom stereocenters. The third-order valence-corrected chi connectivity index (χ3v) is 4.92. The van der Waals surface area contributed by atoms with E-state index in [4.69, 9.17) is 0 Å². The van der Waals surface area contributed by atoms with Gasteiger partial charge >= 0.3 is 0 Å². The first-order valence-corrected chi connectivity index (χ1v) is 9.26. The highest BCUT2D eigenvalue weighted by Crippen LogP contribution is 2.24. The van der Waals surface area contributed by atoms with Crippen LogP contribution >= 0.6 is 11.3 Å². The quantitative estimate of drug-likeness (QED) is 0.682.